The maximum absolute atomic E-state index is 10.3. The Bertz CT molecular complexity index is 291. The number of hydrogen-bond acceptors (Lipinski definition) is 2. The Labute approximate surface area is 91.4 Å². The van der Waals surface area contributed by atoms with Crippen LogP contribution in [0, 0.1) is 0 Å². The summed E-state index contributed by atoms with van der Waals surface area (Å²) in [6.07, 6.45) is 9.17. The molecule has 15 heavy (non-hydrogen) atoms. The molecule has 1 heterocycles. The Balaban J connectivity index is 1.87. The molecular formula is C13H19NO. The first-order valence-corrected chi connectivity index (χ1v) is 5.91. The fourth-order valence-corrected chi connectivity index (χ4v) is 2.37. The fraction of sp³-hybridized carbons (Fsp3) is 0.615. The van der Waals surface area contributed by atoms with Gasteiger partial charge in [-0.3, -0.25) is 4.98 Å². The summed E-state index contributed by atoms with van der Waals surface area (Å²) in [4.78, 5) is 4.28. The van der Waals surface area contributed by atoms with E-state index in [0.717, 1.165) is 31.4 Å². The molecule has 0 atom stereocenters. The van der Waals surface area contributed by atoms with Crippen LogP contribution in [0.3, 0.4) is 0 Å². The van der Waals surface area contributed by atoms with Gasteiger partial charge in [0.25, 0.3) is 0 Å². The van der Waals surface area contributed by atoms with E-state index < -0.39 is 5.60 Å². The van der Waals surface area contributed by atoms with Crippen LogP contribution in [-0.4, -0.2) is 15.7 Å². The number of aryl methyl sites for hydroxylation is 1. The second kappa shape index (κ2) is 4.75. The first kappa shape index (κ1) is 10.6. The van der Waals surface area contributed by atoms with Gasteiger partial charge in [-0.25, -0.2) is 0 Å². The van der Waals surface area contributed by atoms with E-state index >= 15 is 0 Å². The molecule has 0 radical (unpaired) electrons. The summed E-state index contributed by atoms with van der Waals surface area (Å²) in [6, 6.07) is 5.97. The molecule has 0 bridgehead atoms. The summed E-state index contributed by atoms with van der Waals surface area (Å²) in [5.41, 5.74) is 0.687. The molecule has 1 aliphatic carbocycles. The zero-order valence-corrected chi connectivity index (χ0v) is 9.15. The highest BCUT2D eigenvalue weighted by molar-refractivity contribution is 5.04. The Morgan fingerprint density at radius 3 is 2.67 bits per heavy atom. The predicted molar refractivity (Wildman–Crippen MR) is 60.6 cm³/mol. The van der Waals surface area contributed by atoms with Gasteiger partial charge in [0.2, 0.25) is 0 Å². The van der Waals surface area contributed by atoms with Crippen LogP contribution in [0.15, 0.2) is 24.4 Å². The molecule has 2 heteroatoms. The van der Waals surface area contributed by atoms with E-state index in [1.165, 1.54) is 19.3 Å². The fourth-order valence-electron chi connectivity index (χ4n) is 2.37. The zero-order chi connectivity index (χ0) is 10.6. The van der Waals surface area contributed by atoms with Gasteiger partial charge in [0, 0.05) is 11.9 Å². The first-order valence-electron chi connectivity index (χ1n) is 5.91. The molecule has 0 spiro atoms. The Hall–Kier alpha value is -0.890. The summed E-state index contributed by atoms with van der Waals surface area (Å²) in [5.74, 6) is 0. The third kappa shape index (κ3) is 3.03. The summed E-state index contributed by atoms with van der Waals surface area (Å²) in [5, 5.41) is 10.3. The average molecular weight is 205 g/mol. The van der Waals surface area contributed by atoms with Gasteiger partial charge in [0.05, 0.1) is 5.60 Å². The molecule has 1 N–H and O–H groups in total. The van der Waals surface area contributed by atoms with Crippen LogP contribution in [0.4, 0.5) is 0 Å². The highest BCUT2D eigenvalue weighted by atomic mass is 16.3. The van der Waals surface area contributed by atoms with E-state index in [2.05, 4.69) is 4.98 Å². The molecule has 0 aromatic carbocycles. The summed E-state index contributed by atoms with van der Waals surface area (Å²) >= 11 is 0. The van der Waals surface area contributed by atoms with Crippen molar-refractivity contribution in [2.75, 3.05) is 0 Å². The molecule has 1 saturated carbocycles. The molecule has 0 amide bonds. The van der Waals surface area contributed by atoms with E-state index in [4.69, 9.17) is 0 Å². The molecular weight excluding hydrogens is 186 g/mol. The van der Waals surface area contributed by atoms with Gasteiger partial charge in [0.1, 0.15) is 0 Å². The zero-order valence-electron chi connectivity index (χ0n) is 9.15. The average Bonchev–Trinajstić information content (AvgIpc) is 2.29. The second-order valence-corrected chi connectivity index (χ2v) is 4.61. The number of aromatic nitrogens is 1. The van der Waals surface area contributed by atoms with Crippen LogP contribution < -0.4 is 0 Å². The third-order valence-corrected chi connectivity index (χ3v) is 3.36. The minimum absolute atomic E-state index is 0.407. The molecule has 1 aliphatic rings. The van der Waals surface area contributed by atoms with E-state index in [0.29, 0.717) is 0 Å². The number of hydrogen-bond donors (Lipinski definition) is 1. The molecule has 2 rings (SSSR count). The summed E-state index contributed by atoms with van der Waals surface area (Å²) in [7, 11) is 0. The van der Waals surface area contributed by atoms with Crippen LogP contribution in [0.5, 0.6) is 0 Å². The standard InChI is InChI=1S/C13H19NO/c15-13(8-3-1-4-9-13)10-7-12-6-2-5-11-14-12/h2,5-6,11,15H,1,3-4,7-10H2. The monoisotopic (exact) mass is 205 g/mol. The Morgan fingerprint density at radius 1 is 1.20 bits per heavy atom. The van der Waals surface area contributed by atoms with E-state index in [1.54, 1.807) is 0 Å². The second-order valence-electron chi connectivity index (χ2n) is 4.61. The van der Waals surface area contributed by atoms with Crippen LogP contribution in [0.2, 0.25) is 0 Å². The predicted octanol–water partition coefficient (Wildman–Crippen LogP) is 2.71. The lowest BCUT2D eigenvalue weighted by atomic mass is 9.81. The quantitative estimate of drug-likeness (QED) is 0.823. The minimum atomic E-state index is -0.407. The van der Waals surface area contributed by atoms with Crippen molar-refractivity contribution in [3.05, 3.63) is 30.1 Å². The van der Waals surface area contributed by atoms with Crippen molar-refractivity contribution < 1.29 is 5.11 Å². The Morgan fingerprint density at radius 2 is 2.00 bits per heavy atom. The van der Waals surface area contributed by atoms with Crippen molar-refractivity contribution >= 4 is 0 Å². The van der Waals surface area contributed by atoms with Gasteiger partial charge in [-0.15, -0.1) is 0 Å². The topological polar surface area (TPSA) is 33.1 Å². The molecule has 1 aromatic rings. The lowest BCUT2D eigenvalue weighted by molar-refractivity contribution is -0.00361. The van der Waals surface area contributed by atoms with E-state index in [-0.39, 0.29) is 0 Å². The summed E-state index contributed by atoms with van der Waals surface area (Å²) in [6.45, 7) is 0. The van der Waals surface area contributed by atoms with Crippen LogP contribution in [0.1, 0.15) is 44.2 Å². The minimum Gasteiger partial charge on any atom is -0.390 e. The molecule has 0 unspecified atom stereocenters. The van der Waals surface area contributed by atoms with Crippen molar-refractivity contribution in [3.63, 3.8) is 0 Å². The van der Waals surface area contributed by atoms with Gasteiger partial charge >= 0.3 is 0 Å². The SMILES string of the molecule is OC1(CCc2ccccn2)CCCCC1. The number of aliphatic hydroxyl groups is 1. The molecule has 1 aromatic heterocycles. The van der Waals surface area contributed by atoms with Gasteiger partial charge in [0.15, 0.2) is 0 Å². The summed E-state index contributed by atoms with van der Waals surface area (Å²) < 4.78 is 0. The van der Waals surface area contributed by atoms with Gasteiger partial charge in [-0.1, -0.05) is 25.3 Å². The maximum atomic E-state index is 10.3. The van der Waals surface area contributed by atoms with Crippen molar-refractivity contribution in [3.8, 4) is 0 Å². The molecule has 0 aliphatic heterocycles. The normalized spacial score (nSPS) is 20.1. The van der Waals surface area contributed by atoms with Crippen molar-refractivity contribution in [2.24, 2.45) is 0 Å². The van der Waals surface area contributed by atoms with E-state index in [9.17, 15) is 5.11 Å². The van der Waals surface area contributed by atoms with Crippen molar-refractivity contribution in [1.29, 1.82) is 0 Å². The highest BCUT2D eigenvalue weighted by Crippen LogP contribution is 2.31. The first-order chi connectivity index (χ1) is 7.29. The molecule has 0 saturated heterocycles. The molecule has 82 valence electrons. The van der Waals surface area contributed by atoms with Gasteiger partial charge in [-0.2, -0.15) is 0 Å². The molecule has 2 nitrogen and oxygen atoms in total. The Kier molecular flexibility index (Phi) is 3.37. The largest absolute Gasteiger partial charge is 0.390 e. The number of nitrogens with zero attached hydrogens (tertiary/aromatic N) is 1. The van der Waals surface area contributed by atoms with Crippen molar-refractivity contribution in [1.82, 2.24) is 4.98 Å². The van der Waals surface area contributed by atoms with Gasteiger partial charge < -0.3 is 5.11 Å². The lowest BCUT2D eigenvalue weighted by Gasteiger charge is -2.31. The van der Waals surface area contributed by atoms with Crippen molar-refractivity contribution in [2.45, 2.75) is 50.5 Å². The van der Waals surface area contributed by atoms with Gasteiger partial charge in [-0.05, 0) is 37.8 Å². The van der Waals surface area contributed by atoms with Crippen LogP contribution in [0.25, 0.3) is 0 Å². The van der Waals surface area contributed by atoms with Crippen LogP contribution >= 0.6 is 0 Å². The lowest BCUT2D eigenvalue weighted by Crippen LogP contribution is -2.31. The number of rotatable bonds is 3. The smallest absolute Gasteiger partial charge is 0.0651 e. The van der Waals surface area contributed by atoms with E-state index in [1.807, 2.05) is 24.4 Å². The number of pyridine rings is 1. The molecule has 1 fully saturated rings. The highest BCUT2D eigenvalue weighted by Gasteiger charge is 2.28. The van der Waals surface area contributed by atoms with Crippen LogP contribution in [-0.2, 0) is 6.42 Å². The maximum Gasteiger partial charge on any atom is 0.0651 e. The third-order valence-electron chi connectivity index (χ3n) is 3.36.